The fourth-order valence-corrected chi connectivity index (χ4v) is 0.241. The van der Waals surface area contributed by atoms with Gasteiger partial charge in [0.2, 0.25) is 0 Å². The fraction of sp³-hybridized carbons (Fsp3) is 0.333. The van der Waals surface area contributed by atoms with E-state index < -0.39 is 0 Å². The molecular weight excluding hydrogens is 66.0 g/mol. The van der Waals surface area contributed by atoms with Crippen molar-refractivity contribution in [2.45, 2.75) is 0 Å². The molecule has 0 fully saturated rings. The van der Waals surface area contributed by atoms with E-state index in [1.54, 1.807) is 12.5 Å². The third-order valence-electron chi connectivity index (χ3n) is 0.449. The van der Waals surface area contributed by atoms with Crippen LogP contribution in [0, 0.1) is 0 Å². The molecule has 0 saturated heterocycles. The number of rotatable bonds is 0. The van der Waals surface area contributed by atoms with E-state index in [4.69, 9.17) is 0 Å². The van der Waals surface area contributed by atoms with Gasteiger partial charge in [-0.25, -0.2) is 0 Å². The van der Waals surface area contributed by atoms with E-state index in [-0.39, 0.29) is 0 Å². The molecule has 0 aromatic rings. The summed E-state index contributed by atoms with van der Waals surface area (Å²) in [5, 5.41) is 2.82. The third-order valence-corrected chi connectivity index (χ3v) is 0.449. The van der Waals surface area contributed by atoms with Gasteiger partial charge in [0.1, 0.15) is 6.26 Å². The Bertz CT molecular complexity index is 44.9. The lowest BCUT2D eigenvalue weighted by molar-refractivity contribution is 0.267. The monoisotopic (exact) mass is 71.0 g/mol. The van der Waals surface area contributed by atoms with Gasteiger partial charge in [-0.05, 0) is 0 Å². The Balaban J connectivity index is 2.32. The molecule has 1 heterocycles. The van der Waals surface area contributed by atoms with Crippen LogP contribution in [0.15, 0.2) is 12.5 Å². The Morgan fingerprint density at radius 3 is 3.00 bits per heavy atom. The molecule has 0 radical (unpaired) electrons. The van der Waals surface area contributed by atoms with Crippen LogP contribution in [0.2, 0.25) is 0 Å². The van der Waals surface area contributed by atoms with Gasteiger partial charge in [0.15, 0.2) is 6.73 Å². The lowest BCUT2D eigenvalue weighted by atomic mass is 11.0. The number of nitrogens with one attached hydrogen (secondary N) is 1. The average Bonchev–Trinajstić information content (AvgIpc) is 1.76. The zero-order valence-electron chi connectivity index (χ0n) is 2.77. The molecule has 1 aliphatic heterocycles. The van der Waals surface area contributed by atoms with Crippen molar-refractivity contribution >= 4 is 0 Å². The molecule has 1 rings (SSSR count). The number of hydrogen-bond donors (Lipinski definition) is 1. The molecule has 28 valence electrons. The smallest absolute Gasteiger partial charge is 0.157 e. The summed E-state index contributed by atoms with van der Waals surface area (Å²) in [6.07, 6.45) is 3.39. The van der Waals surface area contributed by atoms with Crippen LogP contribution in [0.1, 0.15) is 0 Å². The molecule has 0 spiro atoms. The van der Waals surface area contributed by atoms with Crippen LogP contribution < -0.4 is 5.32 Å². The van der Waals surface area contributed by atoms with Gasteiger partial charge in [0, 0.05) is 6.20 Å². The van der Waals surface area contributed by atoms with Crippen LogP contribution in [0.5, 0.6) is 0 Å². The van der Waals surface area contributed by atoms with Crippen molar-refractivity contribution in [1.29, 1.82) is 0 Å². The van der Waals surface area contributed by atoms with Gasteiger partial charge in [0.05, 0.1) is 0 Å². The molecule has 0 aliphatic carbocycles. The first-order valence-corrected chi connectivity index (χ1v) is 1.50. The molecular formula is C3H5NO. The Hall–Kier alpha value is -0.660. The van der Waals surface area contributed by atoms with Crippen LogP contribution in [-0.4, -0.2) is 6.73 Å². The van der Waals surface area contributed by atoms with E-state index in [0.717, 1.165) is 0 Å². The van der Waals surface area contributed by atoms with Crippen molar-refractivity contribution in [2.24, 2.45) is 0 Å². The predicted octanol–water partition coefficient (Wildman–Crippen LogP) is 0.0349. The van der Waals surface area contributed by atoms with Gasteiger partial charge in [-0.1, -0.05) is 0 Å². The number of ether oxygens (including phenoxy) is 1. The average molecular weight is 71.1 g/mol. The highest BCUT2D eigenvalue weighted by Crippen LogP contribution is 1.78. The zero-order chi connectivity index (χ0) is 3.54. The summed E-state index contributed by atoms with van der Waals surface area (Å²) < 4.78 is 4.65. The molecule has 2 heteroatoms. The number of hydrogen-bond acceptors (Lipinski definition) is 2. The third kappa shape index (κ3) is 0.318. The summed E-state index contributed by atoms with van der Waals surface area (Å²) in [6, 6.07) is 0. The molecule has 0 bridgehead atoms. The van der Waals surface area contributed by atoms with Crippen molar-refractivity contribution < 1.29 is 4.74 Å². The molecule has 0 aromatic carbocycles. The van der Waals surface area contributed by atoms with Gasteiger partial charge in [0.25, 0.3) is 0 Å². The first-order chi connectivity index (χ1) is 2.50. The molecule has 0 amide bonds. The maximum Gasteiger partial charge on any atom is 0.157 e. The van der Waals surface area contributed by atoms with Gasteiger partial charge in [-0.15, -0.1) is 0 Å². The van der Waals surface area contributed by atoms with E-state index in [9.17, 15) is 0 Å². The summed E-state index contributed by atoms with van der Waals surface area (Å²) in [5.74, 6) is 0. The molecule has 0 unspecified atom stereocenters. The van der Waals surface area contributed by atoms with Gasteiger partial charge >= 0.3 is 0 Å². The maximum atomic E-state index is 4.65. The zero-order valence-corrected chi connectivity index (χ0v) is 2.77. The highest BCUT2D eigenvalue weighted by atomic mass is 16.5. The SMILES string of the molecule is C1=COCN1. The highest BCUT2D eigenvalue weighted by Gasteiger charge is 1.79. The minimum absolute atomic E-state index is 0.639. The van der Waals surface area contributed by atoms with Crippen molar-refractivity contribution in [2.75, 3.05) is 6.73 Å². The topological polar surface area (TPSA) is 21.3 Å². The van der Waals surface area contributed by atoms with Crippen molar-refractivity contribution in [3.63, 3.8) is 0 Å². The van der Waals surface area contributed by atoms with E-state index >= 15 is 0 Å². The summed E-state index contributed by atoms with van der Waals surface area (Å²) in [4.78, 5) is 0. The predicted molar refractivity (Wildman–Crippen MR) is 18.2 cm³/mol. The van der Waals surface area contributed by atoms with E-state index in [1.807, 2.05) is 0 Å². The molecule has 5 heavy (non-hydrogen) atoms. The normalized spacial score (nSPS) is 17.6. The first-order valence-electron chi connectivity index (χ1n) is 1.50. The van der Waals surface area contributed by atoms with Crippen LogP contribution >= 0.6 is 0 Å². The molecule has 1 N–H and O–H groups in total. The van der Waals surface area contributed by atoms with Crippen LogP contribution in [-0.2, 0) is 4.74 Å². The molecule has 0 aromatic heterocycles. The minimum atomic E-state index is 0.639. The van der Waals surface area contributed by atoms with E-state index in [1.165, 1.54) is 0 Å². The second-order valence-corrected chi connectivity index (χ2v) is 0.818. The van der Waals surface area contributed by atoms with Gasteiger partial charge < -0.3 is 10.1 Å². The van der Waals surface area contributed by atoms with Crippen molar-refractivity contribution in [3.8, 4) is 0 Å². The Morgan fingerprint density at radius 2 is 2.80 bits per heavy atom. The van der Waals surface area contributed by atoms with Crippen molar-refractivity contribution in [3.05, 3.63) is 12.5 Å². The lowest BCUT2D eigenvalue weighted by Crippen LogP contribution is -1.98. The molecule has 0 atom stereocenters. The summed E-state index contributed by atoms with van der Waals surface area (Å²) in [7, 11) is 0. The maximum absolute atomic E-state index is 4.65. The summed E-state index contributed by atoms with van der Waals surface area (Å²) in [5.41, 5.74) is 0. The lowest BCUT2D eigenvalue weighted by Gasteiger charge is -1.82. The van der Waals surface area contributed by atoms with Crippen LogP contribution in [0.4, 0.5) is 0 Å². The van der Waals surface area contributed by atoms with Crippen LogP contribution in [0.3, 0.4) is 0 Å². The van der Waals surface area contributed by atoms with Crippen LogP contribution in [0.25, 0.3) is 0 Å². The minimum Gasteiger partial charge on any atom is -0.479 e. The quantitative estimate of drug-likeness (QED) is 0.435. The van der Waals surface area contributed by atoms with E-state index in [2.05, 4.69) is 10.1 Å². The summed E-state index contributed by atoms with van der Waals surface area (Å²) in [6.45, 7) is 0.639. The summed E-state index contributed by atoms with van der Waals surface area (Å²) >= 11 is 0. The molecule has 1 aliphatic rings. The van der Waals surface area contributed by atoms with Crippen molar-refractivity contribution in [1.82, 2.24) is 5.32 Å². The molecule has 2 nitrogen and oxygen atoms in total. The first kappa shape index (κ1) is 2.57. The Kier molecular flexibility index (Phi) is 0.499. The second-order valence-electron chi connectivity index (χ2n) is 0.818. The standard InChI is InChI=1S/C3H5NO/c1-2-5-3-4-1/h1-2,4H,3H2. The van der Waals surface area contributed by atoms with E-state index in [0.29, 0.717) is 6.73 Å². The fourth-order valence-electron chi connectivity index (χ4n) is 0.241. The second kappa shape index (κ2) is 0.971. The largest absolute Gasteiger partial charge is 0.479 e. The van der Waals surface area contributed by atoms with Gasteiger partial charge in [-0.3, -0.25) is 0 Å². The van der Waals surface area contributed by atoms with Gasteiger partial charge in [-0.2, -0.15) is 0 Å². The Morgan fingerprint density at radius 1 is 1.80 bits per heavy atom. The molecule has 0 saturated carbocycles. The Labute approximate surface area is 30.4 Å². The highest BCUT2D eigenvalue weighted by molar-refractivity contribution is 4.73.